The number of hydrogen-bond donors (Lipinski definition) is 1. The van der Waals surface area contributed by atoms with Crippen molar-refractivity contribution in [3.05, 3.63) is 88.2 Å². The normalized spacial score (nSPS) is 10.8. The molecule has 1 N–H and O–H groups in total. The van der Waals surface area contributed by atoms with Gasteiger partial charge in [-0.1, -0.05) is 24.3 Å². The molecule has 3 rings (SSSR count). The van der Waals surface area contributed by atoms with E-state index in [-0.39, 0.29) is 0 Å². The highest BCUT2D eigenvalue weighted by atomic mass is 16.6. The third-order valence-electron chi connectivity index (χ3n) is 3.59. The lowest BCUT2D eigenvalue weighted by atomic mass is 10.1. The van der Waals surface area contributed by atoms with Crippen LogP contribution in [0.25, 0.3) is 5.69 Å². The maximum absolute atomic E-state index is 12.4. The van der Waals surface area contributed by atoms with E-state index in [9.17, 15) is 20.0 Å². The maximum atomic E-state index is 12.4. The van der Waals surface area contributed by atoms with E-state index in [1.54, 1.807) is 22.8 Å². The van der Waals surface area contributed by atoms with Crippen LogP contribution in [0.15, 0.2) is 72.1 Å². The molecule has 1 amide bonds. The van der Waals surface area contributed by atoms with Gasteiger partial charge < -0.3 is 9.67 Å². The highest BCUT2D eigenvalue weighted by Gasteiger charge is 2.11. The van der Waals surface area contributed by atoms with Gasteiger partial charge in [-0.2, -0.15) is 5.10 Å². The van der Waals surface area contributed by atoms with Gasteiger partial charge in [-0.05, 0) is 30.0 Å². The molecular weight excluding hydrogens is 336 g/mol. The number of amides is 1. The van der Waals surface area contributed by atoms with Gasteiger partial charge in [0.2, 0.25) is 0 Å². The summed E-state index contributed by atoms with van der Waals surface area (Å²) in [6.45, 7) is 0. The molecule has 0 aliphatic carbocycles. The van der Waals surface area contributed by atoms with Crippen LogP contribution < -0.4 is 10.5 Å². The van der Waals surface area contributed by atoms with E-state index >= 15 is 0 Å². The second-order valence-corrected chi connectivity index (χ2v) is 5.29. The van der Waals surface area contributed by atoms with E-state index in [2.05, 4.69) is 10.5 Å². The second-order valence-electron chi connectivity index (χ2n) is 5.29. The van der Waals surface area contributed by atoms with Crippen LogP contribution >= 0.6 is 0 Å². The summed E-state index contributed by atoms with van der Waals surface area (Å²) in [5.74, 6) is -1.11. The van der Waals surface area contributed by atoms with E-state index in [1.165, 1.54) is 12.3 Å². The zero-order chi connectivity index (χ0) is 18.5. The van der Waals surface area contributed by atoms with Gasteiger partial charge in [0.15, 0.2) is 0 Å². The van der Waals surface area contributed by atoms with Crippen LogP contribution in [0.3, 0.4) is 0 Å². The summed E-state index contributed by atoms with van der Waals surface area (Å²) >= 11 is 0. The lowest BCUT2D eigenvalue weighted by Crippen LogP contribution is -2.19. The number of nitrogens with zero attached hydrogens (tertiary/aromatic N) is 3. The van der Waals surface area contributed by atoms with Gasteiger partial charge in [0.25, 0.3) is 11.6 Å². The minimum absolute atomic E-state index is 0.329. The molecular formula is C18H13N4O4-. The van der Waals surface area contributed by atoms with Crippen molar-refractivity contribution in [2.45, 2.75) is 0 Å². The smallest absolute Gasteiger partial charge is 0.273 e. The zero-order valence-electron chi connectivity index (χ0n) is 13.4. The Morgan fingerprint density at radius 2 is 1.85 bits per heavy atom. The highest BCUT2D eigenvalue weighted by molar-refractivity contribution is 5.98. The molecule has 0 spiro atoms. The molecule has 8 heteroatoms. The van der Waals surface area contributed by atoms with Gasteiger partial charge in [0, 0.05) is 24.0 Å². The minimum Gasteiger partial charge on any atom is -0.868 e. The van der Waals surface area contributed by atoms with E-state index < -0.39 is 22.3 Å². The zero-order valence-corrected chi connectivity index (χ0v) is 13.4. The molecule has 1 aromatic heterocycles. The van der Waals surface area contributed by atoms with Gasteiger partial charge in [-0.25, -0.2) is 5.43 Å². The van der Waals surface area contributed by atoms with Crippen LogP contribution in [0.4, 0.5) is 5.69 Å². The topological polar surface area (TPSA) is 113 Å². The summed E-state index contributed by atoms with van der Waals surface area (Å²) < 4.78 is 1.80. The predicted octanol–water partition coefficient (Wildman–Crippen LogP) is 2.22. The lowest BCUT2D eigenvalue weighted by Gasteiger charge is -2.09. The number of hydrazone groups is 1. The molecule has 0 radical (unpaired) electrons. The van der Waals surface area contributed by atoms with Crippen molar-refractivity contribution >= 4 is 17.8 Å². The van der Waals surface area contributed by atoms with Gasteiger partial charge in [-0.3, -0.25) is 14.9 Å². The molecule has 0 unspecified atom stereocenters. The Kier molecular flexibility index (Phi) is 4.75. The standard InChI is InChI=1S/C18H14N4O4/c23-17-8-7-13(11-16(17)22(25)26)12-19-20-18(24)14-5-1-2-6-15(14)21-9-3-4-10-21/h1-12,23H,(H,20,24)/p-1. The Morgan fingerprint density at radius 1 is 1.12 bits per heavy atom. The Labute approximate surface area is 148 Å². The number of nitro benzene ring substituents is 1. The number of nitrogens with one attached hydrogen (secondary N) is 1. The van der Waals surface area contributed by atoms with E-state index in [0.29, 0.717) is 16.8 Å². The summed E-state index contributed by atoms with van der Waals surface area (Å²) in [4.78, 5) is 22.4. The minimum atomic E-state index is -0.758. The van der Waals surface area contributed by atoms with Gasteiger partial charge in [0.05, 0.1) is 22.4 Å². The quantitative estimate of drug-likeness (QED) is 0.432. The first-order valence-corrected chi connectivity index (χ1v) is 7.57. The fraction of sp³-hybridized carbons (Fsp3) is 0. The van der Waals surface area contributed by atoms with Crippen molar-refractivity contribution in [3.8, 4) is 11.4 Å². The Balaban J connectivity index is 1.77. The van der Waals surface area contributed by atoms with Crippen LogP contribution in [-0.4, -0.2) is 21.6 Å². The van der Waals surface area contributed by atoms with Crippen molar-refractivity contribution in [2.24, 2.45) is 5.10 Å². The van der Waals surface area contributed by atoms with Crippen molar-refractivity contribution in [3.63, 3.8) is 0 Å². The number of para-hydroxylation sites is 1. The van der Waals surface area contributed by atoms with Crippen LogP contribution in [0.2, 0.25) is 0 Å². The molecule has 0 saturated heterocycles. The monoisotopic (exact) mass is 349 g/mol. The molecule has 2 aromatic carbocycles. The van der Waals surface area contributed by atoms with E-state index in [4.69, 9.17) is 0 Å². The van der Waals surface area contributed by atoms with Crippen LogP contribution in [0, 0.1) is 10.1 Å². The molecule has 26 heavy (non-hydrogen) atoms. The summed E-state index contributed by atoms with van der Waals surface area (Å²) in [5.41, 5.74) is 3.28. The summed E-state index contributed by atoms with van der Waals surface area (Å²) in [6, 6.07) is 14.3. The third-order valence-corrected chi connectivity index (χ3v) is 3.59. The first-order valence-electron chi connectivity index (χ1n) is 7.57. The number of benzene rings is 2. The van der Waals surface area contributed by atoms with Crippen LogP contribution in [0.1, 0.15) is 15.9 Å². The largest absolute Gasteiger partial charge is 0.868 e. The van der Waals surface area contributed by atoms with Crippen molar-refractivity contribution in [1.29, 1.82) is 0 Å². The maximum Gasteiger partial charge on any atom is 0.273 e. The number of carbonyl (C=O) groups excluding carboxylic acids is 1. The number of hydrogen-bond acceptors (Lipinski definition) is 5. The van der Waals surface area contributed by atoms with Gasteiger partial charge in [0.1, 0.15) is 0 Å². The van der Waals surface area contributed by atoms with Crippen LogP contribution in [-0.2, 0) is 0 Å². The van der Waals surface area contributed by atoms with Gasteiger partial charge in [-0.15, -0.1) is 0 Å². The fourth-order valence-electron chi connectivity index (χ4n) is 2.37. The molecule has 3 aromatic rings. The molecule has 0 aliphatic rings. The van der Waals surface area contributed by atoms with E-state index in [0.717, 1.165) is 12.1 Å². The summed E-state index contributed by atoms with van der Waals surface area (Å²) in [7, 11) is 0. The van der Waals surface area contributed by atoms with Gasteiger partial charge >= 0.3 is 0 Å². The average Bonchev–Trinajstić information content (AvgIpc) is 3.17. The van der Waals surface area contributed by atoms with Crippen LogP contribution in [0.5, 0.6) is 5.75 Å². The fourth-order valence-corrected chi connectivity index (χ4v) is 2.37. The van der Waals surface area contributed by atoms with Crippen molar-refractivity contribution in [2.75, 3.05) is 0 Å². The summed E-state index contributed by atoms with van der Waals surface area (Å²) in [5, 5.41) is 26.0. The van der Waals surface area contributed by atoms with Crippen molar-refractivity contribution < 1.29 is 14.8 Å². The Hall–Kier alpha value is -3.94. The number of rotatable bonds is 5. The first-order chi connectivity index (χ1) is 12.6. The molecule has 8 nitrogen and oxygen atoms in total. The second kappa shape index (κ2) is 7.31. The molecule has 0 saturated carbocycles. The first kappa shape index (κ1) is 16.9. The van der Waals surface area contributed by atoms with Crippen molar-refractivity contribution in [1.82, 2.24) is 9.99 Å². The Morgan fingerprint density at radius 3 is 2.58 bits per heavy atom. The third kappa shape index (κ3) is 3.59. The molecule has 1 heterocycles. The highest BCUT2D eigenvalue weighted by Crippen LogP contribution is 2.23. The molecule has 0 fully saturated rings. The summed E-state index contributed by atoms with van der Waals surface area (Å²) in [6.07, 6.45) is 4.88. The lowest BCUT2D eigenvalue weighted by molar-refractivity contribution is -0.398. The molecule has 0 atom stereocenters. The Bertz CT molecular complexity index is 981. The number of carbonyl (C=O) groups is 1. The molecule has 0 bridgehead atoms. The SMILES string of the molecule is O=C(NN=Cc1ccc([O-])c([N+](=O)[O-])c1)c1ccccc1-n1cccc1. The van der Waals surface area contributed by atoms with E-state index in [1.807, 2.05) is 30.6 Å². The molecule has 130 valence electrons. The number of aromatic nitrogens is 1. The molecule has 0 aliphatic heterocycles. The predicted molar refractivity (Wildman–Crippen MR) is 93.4 cm³/mol. The average molecular weight is 349 g/mol. The number of nitro groups is 1.